The first-order valence-electron chi connectivity index (χ1n) is 7.42. The summed E-state index contributed by atoms with van der Waals surface area (Å²) >= 11 is 0. The fourth-order valence-electron chi connectivity index (χ4n) is 2.48. The molecule has 0 aromatic heterocycles. The minimum absolute atomic E-state index is 0.0520. The first kappa shape index (κ1) is 15.0. The SMILES string of the molecule is CN(C)CCCCNC(=O)c1ccc2c(c1)CCNC2. The van der Waals surface area contributed by atoms with E-state index in [-0.39, 0.29) is 5.91 Å². The zero-order valence-corrected chi connectivity index (χ0v) is 12.5. The van der Waals surface area contributed by atoms with Gasteiger partial charge in [-0.15, -0.1) is 0 Å². The molecule has 0 spiro atoms. The molecule has 1 heterocycles. The topological polar surface area (TPSA) is 44.4 Å². The molecule has 0 bridgehead atoms. The lowest BCUT2D eigenvalue weighted by atomic mass is 9.98. The van der Waals surface area contributed by atoms with Crippen LogP contribution < -0.4 is 10.6 Å². The first-order chi connectivity index (χ1) is 9.66. The molecule has 0 unspecified atom stereocenters. The predicted molar refractivity (Wildman–Crippen MR) is 82.0 cm³/mol. The fraction of sp³-hybridized carbons (Fsp3) is 0.562. The lowest BCUT2D eigenvalue weighted by molar-refractivity contribution is 0.0952. The van der Waals surface area contributed by atoms with E-state index in [4.69, 9.17) is 0 Å². The molecule has 20 heavy (non-hydrogen) atoms. The van der Waals surface area contributed by atoms with E-state index < -0.39 is 0 Å². The second kappa shape index (κ2) is 7.41. The van der Waals surface area contributed by atoms with Crippen LogP contribution in [-0.4, -0.2) is 44.5 Å². The molecule has 1 amide bonds. The Hall–Kier alpha value is -1.39. The third-order valence-corrected chi connectivity index (χ3v) is 3.67. The van der Waals surface area contributed by atoms with Crippen LogP contribution >= 0.6 is 0 Å². The van der Waals surface area contributed by atoms with Crippen LogP contribution in [-0.2, 0) is 13.0 Å². The largest absolute Gasteiger partial charge is 0.352 e. The molecule has 0 saturated carbocycles. The zero-order chi connectivity index (χ0) is 14.4. The summed E-state index contributed by atoms with van der Waals surface area (Å²) in [5, 5.41) is 6.35. The van der Waals surface area contributed by atoms with Crippen LogP contribution in [0.4, 0.5) is 0 Å². The molecule has 1 aliphatic heterocycles. The van der Waals surface area contributed by atoms with E-state index in [0.717, 1.165) is 51.0 Å². The molecule has 1 aromatic carbocycles. The van der Waals surface area contributed by atoms with Crippen molar-refractivity contribution >= 4 is 5.91 Å². The van der Waals surface area contributed by atoms with Gasteiger partial charge in [0.25, 0.3) is 5.91 Å². The quantitative estimate of drug-likeness (QED) is 0.772. The Labute approximate surface area is 121 Å². The van der Waals surface area contributed by atoms with E-state index in [1.807, 2.05) is 12.1 Å². The van der Waals surface area contributed by atoms with Gasteiger partial charge in [-0.2, -0.15) is 0 Å². The van der Waals surface area contributed by atoms with Crippen LogP contribution in [0.25, 0.3) is 0 Å². The van der Waals surface area contributed by atoms with Crippen LogP contribution in [0.15, 0.2) is 18.2 Å². The van der Waals surface area contributed by atoms with Gasteiger partial charge in [-0.25, -0.2) is 0 Å². The standard InChI is InChI=1S/C16H25N3O/c1-19(2)10-4-3-8-18-16(20)14-5-6-15-12-17-9-7-13(15)11-14/h5-6,11,17H,3-4,7-10,12H2,1-2H3,(H,18,20). The summed E-state index contributed by atoms with van der Waals surface area (Å²) in [6.07, 6.45) is 3.15. The van der Waals surface area contributed by atoms with Crippen LogP contribution in [0.2, 0.25) is 0 Å². The molecule has 4 heteroatoms. The van der Waals surface area contributed by atoms with Gasteiger partial charge in [0.15, 0.2) is 0 Å². The van der Waals surface area contributed by atoms with E-state index in [2.05, 4.69) is 35.7 Å². The Morgan fingerprint density at radius 2 is 2.15 bits per heavy atom. The number of fused-ring (bicyclic) bond motifs is 1. The number of benzene rings is 1. The Kier molecular flexibility index (Phi) is 5.56. The van der Waals surface area contributed by atoms with Crippen LogP contribution in [0, 0.1) is 0 Å². The average molecular weight is 275 g/mol. The second-order valence-corrected chi connectivity index (χ2v) is 5.68. The molecule has 1 aliphatic rings. The molecule has 2 rings (SSSR count). The summed E-state index contributed by atoms with van der Waals surface area (Å²) < 4.78 is 0. The molecule has 0 atom stereocenters. The van der Waals surface area contributed by atoms with Crippen molar-refractivity contribution < 1.29 is 4.79 Å². The summed E-state index contributed by atoms with van der Waals surface area (Å²) in [5.74, 6) is 0.0520. The molecule has 1 aromatic rings. The van der Waals surface area contributed by atoms with Gasteiger partial charge in [-0.3, -0.25) is 4.79 Å². The Morgan fingerprint density at radius 3 is 2.95 bits per heavy atom. The highest BCUT2D eigenvalue weighted by molar-refractivity contribution is 5.94. The predicted octanol–water partition coefficient (Wildman–Crippen LogP) is 1.40. The summed E-state index contributed by atoms with van der Waals surface area (Å²) in [4.78, 5) is 14.3. The van der Waals surface area contributed by atoms with Gasteiger partial charge in [0.05, 0.1) is 0 Å². The van der Waals surface area contributed by atoms with Crippen LogP contribution in [0.3, 0.4) is 0 Å². The van der Waals surface area contributed by atoms with E-state index in [0.29, 0.717) is 0 Å². The molecule has 2 N–H and O–H groups in total. The molecular formula is C16H25N3O. The Balaban J connectivity index is 1.80. The maximum Gasteiger partial charge on any atom is 0.251 e. The van der Waals surface area contributed by atoms with E-state index >= 15 is 0 Å². The third-order valence-electron chi connectivity index (χ3n) is 3.67. The van der Waals surface area contributed by atoms with Crippen molar-refractivity contribution in [2.45, 2.75) is 25.8 Å². The summed E-state index contributed by atoms with van der Waals surface area (Å²) in [5.41, 5.74) is 3.42. The molecule has 4 nitrogen and oxygen atoms in total. The van der Waals surface area contributed by atoms with Gasteiger partial charge in [-0.1, -0.05) is 6.07 Å². The number of nitrogens with zero attached hydrogens (tertiary/aromatic N) is 1. The summed E-state index contributed by atoms with van der Waals surface area (Å²) in [7, 11) is 4.14. The minimum atomic E-state index is 0.0520. The number of rotatable bonds is 6. The number of amides is 1. The molecule has 0 radical (unpaired) electrons. The maximum absolute atomic E-state index is 12.1. The van der Waals surface area contributed by atoms with Crippen molar-refractivity contribution in [2.24, 2.45) is 0 Å². The number of carbonyl (C=O) groups excluding carboxylic acids is 1. The monoisotopic (exact) mass is 275 g/mol. The van der Waals surface area contributed by atoms with E-state index in [1.54, 1.807) is 0 Å². The fourth-order valence-corrected chi connectivity index (χ4v) is 2.48. The highest BCUT2D eigenvalue weighted by Gasteiger charge is 2.12. The number of hydrogen-bond acceptors (Lipinski definition) is 3. The third kappa shape index (κ3) is 4.32. The second-order valence-electron chi connectivity index (χ2n) is 5.68. The normalized spacial score (nSPS) is 14.2. The van der Waals surface area contributed by atoms with Crippen molar-refractivity contribution in [3.63, 3.8) is 0 Å². The summed E-state index contributed by atoms with van der Waals surface area (Å²) in [6.45, 7) is 3.75. The minimum Gasteiger partial charge on any atom is -0.352 e. The van der Waals surface area contributed by atoms with Gasteiger partial charge in [0, 0.05) is 18.7 Å². The van der Waals surface area contributed by atoms with Gasteiger partial charge in [-0.05, 0) is 69.7 Å². The molecular weight excluding hydrogens is 250 g/mol. The van der Waals surface area contributed by atoms with Crippen molar-refractivity contribution in [1.29, 1.82) is 0 Å². The van der Waals surface area contributed by atoms with Gasteiger partial charge >= 0.3 is 0 Å². The first-order valence-corrected chi connectivity index (χ1v) is 7.42. The van der Waals surface area contributed by atoms with E-state index in [1.165, 1.54) is 11.1 Å². The van der Waals surface area contributed by atoms with Crippen LogP contribution in [0.1, 0.15) is 34.3 Å². The summed E-state index contributed by atoms with van der Waals surface area (Å²) in [6, 6.07) is 6.05. The molecule has 110 valence electrons. The number of hydrogen-bond donors (Lipinski definition) is 2. The zero-order valence-electron chi connectivity index (χ0n) is 12.5. The average Bonchev–Trinajstić information content (AvgIpc) is 2.46. The Bertz CT molecular complexity index is 457. The highest BCUT2D eigenvalue weighted by Crippen LogP contribution is 2.15. The van der Waals surface area contributed by atoms with Crippen LogP contribution in [0.5, 0.6) is 0 Å². The molecule has 0 aliphatic carbocycles. The molecule has 0 fully saturated rings. The number of carbonyl (C=O) groups is 1. The lowest BCUT2D eigenvalue weighted by Gasteiger charge is -2.17. The highest BCUT2D eigenvalue weighted by atomic mass is 16.1. The van der Waals surface area contributed by atoms with Gasteiger partial charge in [0.1, 0.15) is 0 Å². The van der Waals surface area contributed by atoms with Gasteiger partial charge in [0.2, 0.25) is 0 Å². The Morgan fingerprint density at radius 1 is 1.30 bits per heavy atom. The molecule has 0 saturated heterocycles. The van der Waals surface area contributed by atoms with Crippen molar-refractivity contribution in [1.82, 2.24) is 15.5 Å². The van der Waals surface area contributed by atoms with Crippen molar-refractivity contribution in [3.05, 3.63) is 34.9 Å². The lowest BCUT2D eigenvalue weighted by Crippen LogP contribution is -2.27. The number of unbranched alkanes of at least 4 members (excludes halogenated alkanes) is 1. The van der Waals surface area contributed by atoms with Crippen molar-refractivity contribution in [2.75, 3.05) is 33.7 Å². The van der Waals surface area contributed by atoms with E-state index in [9.17, 15) is 4.79 Å². The van der Waals surface area contributed by atoms with Gasteiger partial charge < -0.3 is 15.5 Å². The van der Waals surface area contributed by atoms with Crippen molar-refractivity contribution in [3.8, 4) is 0 Å². The smallest absolute Gasteiger partial charge is 0.251 e. The number of nitrogens with one attached hydrogen (secondary N) is 2. The maximum atomic E-state index is 12.1.